The van der Waals surface area contributed by atoms with Gasteiger partial charge >= 0.3 is 0 Å². The number of anilines is 1. The molecule has 1 atom stereocenters. The first-order valence-electron chi connectivity index (χ1n) is 6.76. The molecule has 0 aliphatic carbocycles. The van der Waals surface area contributed by atoms with Gasteiger partial charge in [-0.3, -0.25) is 4.79 Å². The van der Waals surface area contributed by atoms with E-state index in [4.69, 9.17) is 4.74 Å². The minimum Gasteiger partial charge on any atom is -0.481 e. The van der Waals surface area contributed by atoms with E-state index in [9.17, 15) is 9.18 Å². The Morgan fingerprint density at radius 1 is 1.19 bits per heavy atom. The Hall–Kier alpha value is -2.36. The number of ether oxygens (including phenoxy) is 1. The third-order valence-corrected chi connectivity index (χ3v) is 3.32. The van der Waals surface area contributed by atoms with Crippen LogP contribution in [-0.4, -0.2) is 12.0 Å². The quantitative estimate of drug-likeness (QED) is 0.927. The average Bonchev–Trinajstić information content (AvgIpc) is 2.44. The van der Waals surface area contributed by atoms with Crippen molar-refractivity contribution in [3.05, 3.63) is 59.4 Å². The number of nitrogens with one attached hydrogen (secondary N) is 1. The highest BCUT2D eigenvalue weighted by Gasteiger charge is 2.16. The molecular formula is C17H18FNO2. The monoisotopic (exact) mass is 287 g/mol. The lowest BCUT2D eigenvalue weighted by atomic mass is 10.1. The number of hydrogen-bond donors (Lipinski definition) is 1. The lowest BCUT2D eigenvalue weighted by Crippen LogP contribution is -2.30. The van der Waals surface area contributed by atoms with Crippen LogP contribution < -0.4 is 10.1 Å². The van der Waals surface area contributed by atoms with Crippen molar-refractivity contribution in [1.82, 2.24) is 0 Å². The number of amides is 1. The number of hydrogen-bond acceptors (Lipinski definition) is 2. The van der Waals surface area contributed by atoms with Crippen molar-refractivity contribution in [2.24, 2.45) is 0 Å². The highest BCUT2D eigenvalue weighted by Crippen LogP contribution is 2.22. The molecular weight excluding hydrogens is 269 g/mol. The fraction of sp³-hybridized carbons (Fsp3) is 0.235. The van der Waals surface area contributed by atoms with Crippen LogP contribution in [0.5, 0.6) is 5.75 Å². The smallest absolute Gasteiger partial charge is 0.265 e. The van der Waals surface area contributed by atoms with E-state index < -0.39 is 11.9 Å². The van der Waals surface area contributed by atoms with E-state index in [-0.39, 0.29) is 5.91 Å². The zero-order valence-electron chi connectivity index (χ0n) is 12.3. The van der Waals surface area contributed by atoms with Crippen molar-refractivity contribution in [2.45, 2.75) is 26.9 Å². The van der Waals surface area contributed by atoms with Gasteiger partial charge in [0.2, 0.25) is 0 Å². The summed E-state index contributed by atoms with van der Waals surface area (Å²) in [5, 5.41) is 2.63. The zero-order chi connectivity index (χ0) is 15.4. The predicted octanol–water partition coefficient (Wildman–Crippen LogP) is 3.85. The second-order valence-corrected chi connectivity index (χ2v) is 4.96. The highest BCUT2D eigenvalue weighted by molar-refractivity contribution is 5.94. The maximum atomic E-state index is 13.1. The summed E-state index contributed by atoms with van der Waals surface area (Å²) in [6.45, 7) is 5.60. The number of carbonyl (C=O) groups is 1. The van der Waals surface area contributed by atoms with Gasteiger partial charge in [-0.25, -0.2) is 4.39 Å². The van der Waals surface area contributed by atoms with Gasteiger partial charge in [0.1, 0.15) is 11.6 Å². The second-order valence-electron chi connectivity index (χ2n) is 4.96. The molecule has 0 saturated heterocycles. The molecule has 1 amide bonds. The Morgan fingerprint density at radius 2 is 1.90 bits per heavy atom. The summed E-state index contributed by atoms with van der Waals surface area (Å²) in [5.74, 6) is -0.0331. The summed E-state index contributed by atoms with van der Waals surface area (Å²) in [7, 11) is 0. The van der Waals surface area contributed by atoms with E-state index in [1.165, 1.54) is 12.1 Å². The van der Waals surface area contributed by atoms with Crippen LogP contribution in [0.15, 0.2) is 42.5 Å². The highest BCUT2D eigenvalue weighted by atomic mass is 19.1. The largest absolute Gasteiger partial charge is 0.481 e. The van der Waals surface area contributed by atoms with Crippen LogP contribution in [0.3, 0.4) is 0 Å². The van der Waals surface area contributed by atoms with Crippen molar-refractivity contribution < 1.29 is 13.9 Å². The Kier molecular flexibility index (Phi) is 4.58. The van der Waals surface area contributed by atoms with Gasteiger partial charge in [-0.2, -0.15) is 0 Å². The Bertz CT molecular complexity index is 655. The van der Waals surface area contributed by atoms with Crippen LogP contribution in [0.25, 0.3) is 0 Å². The van der Waals surface area contributed by atoms with Crippen molar-refractivity contribution in [1.29, 1.82) is 0 Å². The van der Waals surface area contributed by atoms with Gasteiger partial charge in [0, 0.05) is 5.69 Å². The van der Waals surface area contributed by atoms with Gasteiger partial charge in [-0.1, -0.05) is 18.2 Å². The Morgan fingerprint density at radius 3 is 2.62 bits per heavy atom. The maximum Gasteiger partial charge on any atom is 0.265 e. The first-order chi connectivity index (χ1) is 9.97. The van der Waals surface area contributed by atoms with Crippen molar-refractivity contribution in [2.75, 3.05) is 5.32 Å². The summed E-state index contributed by atoms with van der Waals surface area (Å²) in [6.07, 6.45) is -0.672. The molecule has 110 valence electrons. The van der Waals surface area contributed by atoms with Crippen molar-refractivity contribution in [3.63, 3.8) is 0 Å². The average molecular weight is 287 g/mol. The Balaban J connectivity index is 2.04. The van der Waals surface area contributed by atoms with Gasteiger partial charge < -0.3 is 10.1 Å². The van der Waals surface area contributed by atoms with Crippen LogP contribution in [0.2, 0.25) is 0 Å². The van der Waals surface area contributed by atoms with Crippen molar-refractivity contribution in [3.8, 4) is 5.75 Å². The third-order valence-electron chi connectivity index (χ3n) is 3.32. The van der Waals surface area contributed by atoms with Crippen LogP contribution in [0, 0.1) is 19.7 Å². The molecule has 0 heterocycles. The van der Waals surface area contributed by atoms with Crippen LogP contribution >= 0.6 is 0 Å². The molecule has 0 radical (unpaired) electrons. The molecule has 2 rings (SSSR count). The second kappa shape index (κ2) is 6.39. The Labute approximate surface area is 123 Å². The van der Waals surface area contributed by atoms with Gasteiger partial charge in [0.15, 0.2) is 6.10 Å². The summed E-state index contributed by atoms with van der Waals surface area (Å²) in [4.78, 5) is 12.1. The van der Waals surface area contributed by atoms with Gasteiger partial charge in [0.25, 0.3) is 5.91 Å². The molecule has 1 N–H and O–H groups in total. The molecule has 0 bridgehead atoms. The number of benzene rings is 2. The minimum absolute atomic E-state index is 0.318. The fourth-order valence-electron chi connectivity index (χ4n) is 1.91. The van der Waals surface area contributed by atoms with E-state index in [0.717, 1.165) is 11.1 Å². The topological polar surface area (TPSA) is 38.3 Å². The SMILES string of the molecule is Cc1cccc(O[C@@H](C)C(=O)Nc2cccc(F)c2)c1C. The predicted molar refractivity (Wildman–Crippen MR) is 81.0 cm³/mol. The van der Waals surface area contributed by atoms with Crippen LogP contribution in [0.4, 0.5) is 10.1 Å². The minimum atomic E-state index is -0.672. The van der Waals surface area contributed by atoms with E-state index in [0.29, 0.717) is 11.4 Å². The third kappa shape index (κ3) is 3.81. The van der Waals surface area contributed by atoms with Crippen LogP contribution in [-0.2, 0) is 4.79 Å². The number of halogens is 1. The molecule has 2 aromatic carbocycles. The molecule has 21 heavy (non-hydrogen) atoms. The number of rotatable bonds is 4. The fourth-order valence-corrected chi connectivity index (χ4v) is 1.91. The molecule has 0 aliphatic rings. The normalized spacial score (nSPS) is 11.8. The first-order valence-corrected chi connectivity index (χ1v) is 6.76. The molecule has 0 unspecified atom stereocenters. The van der Waals surface area contributed by atoms with E-state index in [1.807, 2.05) is 32.0 Å². The molecule has 0 aliphatic heterocycles. The summed E-state index contributed by atoms with van der Waals surface area (Å²) < 4.78 is 18.8. The first kappa shape index (κ1) is 15.0. The van der Waals surface area contributed by atoms with Gasteiger partial charge in [-0.15, -0.1) is 0 Å². The molecule has 2 aromatic rings. The molecule has 0 saturated carbocycles. The summed E-state index contributed by atoms with van der Waals surface area (Å²) in [6, 6.07) is 11.5. The van der Waals surface area contributed by atoms with E-state index in [1.54, 1.807) is 19.1 Å². The van der Waals surface area contributed by atoms with E-state index >= 15 is 0 Å². The molecule has 0 spiro atoms. The maximum absolute atomic E-state index is 13.1. The van der Waals surface area contributed by atoms with Gasteiger partial charge in [0.05, 0.1) is 0 Å². The van der Waals surface area contributed by atoms with Gasteiger partial charge in [-0.05, 0) is 56.2 Å². The molecule has 3 nitrogen and oxygen atoms in total. The van der Waals surface area contributed by atoms with Crippen molar-refractivity contribution >= 4 is 11.6 Å². The molecule has 0 aromatic heterocycles. The summed E-state index contributed by atoms with van der Waals surface area (Å²) in [5.41, 5.74) is 2.52. The lowest BCUT2D eigenvalue weighted by Gasteiger charge is -2.17. The lowest BCUT2D eigenvalue weighted by molar-refractivity contribution is -0.122. The number of aryl methyl sites for hydroxylation is 1. The zero-order valence-corrected chi connectivity index (χ0v) is 12.3. The standard InChI is InChI=1S/C17H18FNO2/c1-11-6-4-9-16(12(11)2)21-13(3)17(20)19-15-8-5-7-14(18)10-15/h4-10,13H,1-3H3,(H,19,20)/t13-/m0/s1. The summed E-state index contributed by atoms with van der Waals surface area (Å²) >= 11 is 0. The molecule has 4 heteroatoms. The number of carbonyl (C=O) groups excluding carboxylic acids is 1. The van der Waals surface area contributed by atoms with Crippen LogP contribution in [0.1, 0.15) is 18.1 Å². The molecule has 0 fully saturated rings. The van der Waals surface area contributed by atoms with E-state index in [2.05, 4.69) is 5.32 Å².